The van der Waals surface area contributed by atoms with Crippen LogP contribution in [0.5, 0.6) is 0 Å². The minimum absolute atomic E-state index is 0.00752. The maximum absolute atomic E-state index is 12.1. The minimum Gasteiger partial charge on any atom is -0.379 e. The summed E-state index contributed by atoms with van der Waals surface area (Å²) >= 11 is 3.30. The van der Waals surface area contributed by atoms with Crippen LogP contribution in [0.2, 0.25) is 0 Å². The van der Waals surface area contributed by atoms with E-state index in [1.54, 1.807) is 17.9 Å². The number of hydrogen-bond acceptors (Lipinski definition) is 4. The van der Waals surface area contributed by atoms with E-state index in [1.165, 1.54) is 0 Å². The Bertz CT molecular complexity index is 371. The van der Waals surface area contributed by atoms with Crippen LogP contribution < -0.4 is 5.73 Å². The highest BCUT2D eigenvalue weighted by Crippen LogP contribution is 2.22. The Morgan fingerprint density at radius 3 is 2.93 bits per heavy atom. The number of carbonyl (C=O) groups is 1. The number of Topliss-reactive ketones (excluding diaryl/α,β-unsaturated/α-hetero) is 1. The van der Waals surface area contributed by atoms with Gasteiger partial charge in [-0.1, -0.05) is 0 Å². The van der Waals surface area contributed by atoms with Gasteiger partial charge in [0, 0.05) is 13.1 Å². The lowest BCUT2D eigenvalue weighted by Crippen LogP contribution is -2.35. The molecule has 5 nitrogen and oxygen atoms in total. The molecular formula is C9H12BrN3O2. The van der Waals surface area contributed by atoms with Gasteiger partial charge < -0.3 is 10.5 Å². The van der Waals surface area contributed by atoms with E-state index in [9.17, 15) is 4.79 Å². The molecule has 0 aliphatic carbocycles. The topological polar surface area (TPSA) is 70.1 Å². The molecule has 0 radical (unpaired) electrons. The Labute approximate surface area is 95.7 Å². The van der Waals surface area contributed by atoms with Gasteiger partial charge in [-0.05, 0) is 15.9 Å². The fourth-order valence-corrected chi connectivity index (χ4v) is 2.25. The number of hydrogen-bond donors (Lipinski definition) is 1. The number of ketones is 1. The van der Waals surface area contributed by atoms with Crippen LogP contribution >= 0.6 is 15.9 Å². The molecule has 1 fully saturated rings. The number of aryl methyl sites for hydroxylation is 1. The molecule has 2 N–H and O–H groups in total. The molecule has 82 valence electrons. The van der Waals surface area contributed by atoms with Gasteiger partial charge in [-0.15, -0.1) is 0 Å². The first kappa shape index (κ1) is 10.8. The van der Waals surface area contributed by atoms with Crippen molar-refractivity contribution in [2.75, 3.05) is 13.2 Å². The predicted molar refractivity (Wildman–Crippen MR) is 57.5 cm³/mol. The van der Waals surface area contributed by atoms with E-state index in [4.69, 9.17) is 10.5 Å². The van der Waals surface area contributed by atoms with Crippen molar-refractivity contribution < 1.29 is 9.53 Å². The zero-order valence-corrected chi connectivity index (χ0v) is 9.90. The molecule has 1 aliphatic rings. The lowest BCUT2D eigenvalue weighted by Gasteiger charge is -2.12. The largest absolute Gasteiger partial charge is 0.379 e. The summed E-state index contributed by atoms with van der Waals surface area (Å²) in [5, 5.41) is 4.00. The zero-order chi connectivity index (χ0) is 11.0. The second-order valence-corrected chi connectivity index (χ2v) is 4.49. The molecule has 1 aromatic heterocycles. The maximum atomic E-state index is 12.1. The first-order valence-corrected chi connectivity index (χ1v) is 5.45. The molecule has 2 heterocycles. The van der Waals surface area contributed by atoms with Crippen molar-refractivity contribution in [3.8, 4) is 0 Å². The van der Waals surface area contributed by atoms with Crippen molar-refractivity contribution in [3.63, 3.8) is 0 Å². The van der Waals surface area contributed by atoms with Gasteiger partial charge in [-0.2, -0.15) is 5.10 Å². The van der Waals surface area contributed by atoms with Gasteiger partial charge in [0.05, 0.1) is 29.8 Å². The summed E-state index contributed by atoms with van der Waals surface area (Å²) in [6.07, 6.45) is 1.61. The Morgan fingerprint density at radius 1 is 1.73 bits per heavy atom. The van der Waals surface area contributed by atoms with E-state index in [2.05, 4.69) is 21.0 Å². The van der Waals surface area contributed by atoms with E-state index < -0.39 is 0 Å². The van der Waals surface area contributed by atoms with Crippen molar-refractivity contribution >= 4 is 21.7 Å². The number of ether oxygens (including phenoxy) is 1. The fraction of sp³-hybridized carbons (Fsp3) is 0.556. The van der Waals surface area contributed by atoms with Gasteiger partial charge in [0.2, 0.25) is 0 Å². The molecule has 2 rings (SSSR count). The summed E-state index contributed by atoms with van der Waals surface area (Å²) in [6, 6.07) is -0.209. The van der Waals surface area contributed by atoms with Crippen molar-refractivity contribution in [3.05, 3.63) is 16.4 Å². The standard InChI is InChI=1S/C9H12BrN3O2/c1-13-8(6(10)2-12-13)9(14)5-3-15-4-7(5)11/h2,5,7H,3-4,11H2,1H3. The van der Waals surface area contributed by atoms with Crippen LogP contribution in [0.25, 0.3) is 0 Å². The number of rotatable bonds is 2. The highest BCUT2D eigenvalue weighted by atomic mass is 79.9. The summed E-state index contributed by atoms with van der Waals surface area (Å²) in [5.74, 6) is -0.261. The van der Waals surface area contributed by atoms with Crippen LogP contribution in [0, 0.1) is 5.92 Å². The number of carbonyl (C=O) groups excluding carboxylic acids is 1. The summed E-state index contributed by atoms with van der Waals surface area (Å²) < 4.78 is 7.43. The van der Waals surface area contributed by atoms with Gasteiger partial charge in [0.15, 0.2) is 5.78 Å². The Kier molecular flexibility index (Phi) is 2.90. The summed E-state index contributed by atoms with van der Waals surface area (Å²) in [4.78, 5) is 12.1. The van der Waals surface area contributed by atoms with Crippen molar-refractivity contribution in [2.45, 2.75) is 6.04 Å². The van der Waals surface area contributed by atoms with Gasteiger partial charge in [0.1, 0.15) is 5.69 Å². The second-order valence-electron chi connectivity index (χ2n) is 3.64. The lowest BCUT2D eigenvalue weighted by atomic mass is 9.97. The smallest absolute Gasteiger partial charge is 0.189 e. The molecule has 0 aromatic carbocycles. The third kappa shape index (κ3) is 1.84. The van der Waals surface area contributed by atoms with Crippen LogP contribution in [-0.2, 0) is 11.8 Å². The zero-order valence-electron chi connectivity index (χ0n) is 8.31. The van der Waals surface area contributed by atoms with E-state index in [1.807, 2.05) is 0 Å². The van der Waals surface area contributed by atoms with E-state index in [-0.39, 0.29) is 17.7 Å². The Morgan fingerprint density at radius 2 is 2.47 bits per heavy atom. The molecule has 1 saturated heterocycles. The molecule has 6 heteroatoms. The van der Waals surface area contributed by atoms with E-state index in [0.717, 1.165) is 0 Å². The average molecular weight is 274 g/mol. The van der Waals surface area contributed by atoms with Crippen molar-refractivity contribution in [1.82, 2.24) is 9.78 Å². The number of nitrogens with two attached hydrogens (primary N) is 1. The Balaban J connectivity index is 2.28. The maximum Gasteiger partial charge on any atom is 0.189 e. The lowest BCUT2D eigenvalue weighted by molar-refractivity contribution is 0.0885. The van der Waals surface area contributed by atoms with Crippen LogP contribution in [0.3, 0.4) is 0 Å². The van der Waals surface area contributed by atoms with Crippen LogP contribution in [0.15, 0.2) is 10.7 Å². The first-order chi connectivity index (χ1) is 7.11. The molecular weight excluding hydrogens is 262 g/mol. The molecule has 0 amide bonds. The normalized spacial score (nSPS) is 25.8. The van der Waals surface area contributed by atoms with Crippen molar-refractivity contribution in [2.24, 2.45) is 18.7 Å². The minimum atomic E-state index is -0.253. The first-order valence-electron chi connectivity index (χ1n) is 4.66. The third-order valence-corrected chi connectivity index (χ3v) is 3.17. The molecule has 0 spiro atoms. The average Bonchev–Trinajstić information content (AvgIpc) is 2.73. The molecule has 15 heavy (non-hydrogen) atoms. The molecule has 2 unspecified atom stereocenters. The molecule has 1 aromatic rings. The van der Waals surface area contributed by atoms with Gasteiger partial charge in [0.25, 0.3) is 0 Å². The number of aromatic nitrogens is 2. The number of nitrogens with zero attached hydrogens (tertiary/aromatic N) is 2. The van der Waals surface area contributed by atoms with Crippen LogP contribution in [0.1, 0.15) is 10.5 Å². The molecule has 0 bridgehead atoms. The molecule has 1 aliphatic heterocycles. The highest BCUT2D eigenvalue weighted by molar-refractivity contribution is 9.10. The van der Waals surface area contributed by atoms with Gasteiger partial charge >= 0.3 is 0 Å². The molecule has 0 saturated carbocycles. The van der Waals surface area contributed by atoms with E-state index >= 15 is 0 Å². The van der Waals surface area contributed by atoms with Crippen LogP contribution in [0.4, 0.5) is 0 Å². The fourth-order valence-electron chi connectivity index (χ4n) is 1.70. The van der Waals surface area contributed by atoms with Crippen LogP contribution in [-0.4, -0.2) is 34.8 Å². The predicted octanol–water partition coefficient (Wildman–Crippen LogP) is 0.339. The quantitative estimate of drug-likeness (QED) is 0.789. The second kappa shape index (κ2) is 4.03. The summed E-state index contributed by atoms with van der Waals surface area (Å²) in [6.45, 7) is 0.851. The van der Waals surface area contributed by atoms with Gasteiger partial charge in [-0.25, -0.2) is 0 Å². The summed E-state index contributed by atoms with van der Waals surface area (Å²) in [5.41, 5.74) is 6.35. The monoisotopic (exact) mass is 273 g/mol. The van der Waals surface area contributed by atoms with E-state index in [0.29, 0.717) is 23.4 Å². The summed E-state index contributed by atoms with van der Waals surface area (Å²) in [7, 11) is 1.74. The number of halogens is 1. The highest BCUT2D eigenvalue weighted by Gasteiger charge is 2.34. The van der Waals surface area contributed by atoms with Gasteiger partial charge in [-0.3, -0.25) is 9.48 Å². The third-order valence-electron chi connectivity index (χ3n) is 2.59. The molecule has 2 atom stereocenters. The Hall–Kier alpha value is -0.720. The van der Waals surface area contributed by atoms with Crippen molar-refractivity contribution in [1.29, 1.82) is 0 Å². The SMILES string of the molecule is Cn1ncc(Br)c1C(=O)C1COCC1N.